The molecule has 0 fully saturated rings. The van der Waals surface area contributed by atoms with Gasteiger partial charge >= 0.3 is 5.97 Å². The van der Waals surface area contributed by atoms with E-state index < -0.39 is 0 Å². The maximum Gasteiger partial charge on any atom is 0.349 e. The largest absolute Gasteiger partial charge is 0.465 e. The van der Waals surface area contributed by atoms with Crippen molar-refractivity contribution in [2.24, 2.45) is 0 Å². The molecule has 0 spiro atoms. The molecule has 0 aromatic carbocycles. The van der Waals surface area contributed by atoms with E-state index in [9.17, 15) is 4.79 Å². The standard InChI is InChI=1S/C12H14N2O2S2/c1-8(9-5-4-6-17-9)14(2)12-13-7-10(18-12)11(15)16-3/h4-8H,1-3H3. The van der Waals surface area contributed by atoms with Gasteiger partial charge in [0.05, 0.1) is 19.3 Å². The molecular formula is C12H14N2O2S2. The summed E-state index contributed by atoms with van der Waals surface area (Å²) < 4.78 is 4.68. The average Bonchev–Trinajstić information content (AvgIpc) is 3.06. The van der Waals surface area contributed by atoms with E-state index in [0.29, 0.717) is 4.88 Å². The van der Waals surface area contributed by atoms with Crippen molar-refractivity contribution < 1.29 is 9.53 Å². The smallest absolute Gasteiger partial charge is 0.349 e. The summed E-state index contributed by atoms with van der Waals surface area (Å²) in [6, 6.07) is 4.37. The molecule has 0 radical (unpaired) electrons. The molecular weight excluding hydrogens is 268 g/mol. The molecule has 4 nitrogen and oxygen atoms in total. The second-order valence-electron chi connectivity index (χ2n) is 3.80. The first-order valence-electron chi connectivity index (χ1n) is 5.44. The molecule has 0 aliphatic heterocycles. The quantitative estimate of drug-likeness (QED) is 0.808. The molecule has 1 atom stereocenters. The van der Waals surface area contributed by atoms with Gasteiger partial charge in [-0.3, -0.25) is 0 Å². The Labute approximate surface area is 114 Å². The van der Waals surface area contributed by atoms with Crippen LogP contribution in [0.2, 0.25) is 0 Å². The van der Waals surface area contributed by atoms with Crippen LogP contribution in [0, 0.1) is 0 Å². The highest BCUT2D eigenvalue weighted by Gasteiger charge is 2.18. The van der Waals surface area contributed by atoms with Gasteiger partial charge in [-0.1, -0.05) is 17.4 Å². The van der Waals surface area contributed by atoms with Gasteiger partial charge in [0.2, 0.25) is 0 Å². The van der Waals surface area contributed by atoms with Crippen LogP contribution in [0.25, 0.3) is 0 Å². The summed E-state index contributed by atoms with van der Waals surface area (Å²) in [6.45, 7) is 2.12. The Morgan fingerprint density at radius 3 is 2.94 bits per heavy atom. The molecule has 0 saturated carbocycles. The number of esters is 1. The molecule has 2 aromatic heterocycles. The zero-order chi connectivity index (χ0) is 13.1. The van der Waals surface area contributed by atoms with E-state index in [1.54, 1.807) is 17.5 Å². The predicted molar refractivity (Wildman–Crippen MR) is 74.6 cm³/mol. The van der Waals surface area contributed by atoms with Crippen LogP contribution in [0.5, 0.6) is 0 Å². The maximum absolute atomic E-state index is 11.4. The van der Waals surface area contributed by atoms with Crippen molar-refractivity contribution in [3.05, 3.63) is 33.5 Å². The zero-order valence-electron chi connectivity index (χ0n) is 10.4. The number of carbonyl (C=O) groups excluding carboxylic acids is 1. The first-order valence-corrected chi connectivity index (χ1v) is 7.13. The van der Waals surface area contributed by atoms with E-state index in [1.807, 2.05) is 13.1 Å². The third-order valence-corrected chi connectivity index (χ3v) is 4.83. The first-order chi connectivity index (χ1) is 8.63. The molecule has 1 unspecified atom stereocenters. The summed E-state index contributed by atoms with van der Waals surface area (Å²) in [4.78, 5) is 19.5. The highest BCUT2D eigenvalue weighted by Crippen LogP contribution is 2.31. The van der Waals surface area contributed by atoms with Gasteiger partial charge in [-0.25, -0.2) is 9.78 Å². The van der Waals surface area contributed by atoms with Gasteiger partial charge in [-0.15, -0.1) is 11.3 Å². The van der Waals surface area contributed by atoms with Crippen molar-refractivity contribution >= 4 is 33.8 Å². The van der Waals surface area contributed by atoms with E-state index in [-0.39, 0.29) is 12.0 Å². The Hall–Kier alpha value is -1.40. The van der Waals surface area contributed by atoms with Crippen LogP contribution in [0.15, 0.2) is 23.7 Å². The van der Waals surface area contributed by atoms with Gasteiger partial charge in [-0.05, 0) is 18.4 Å². The van der Waals surface area contributed by atoms with Crippen LogP contribution in [0.1, 0.15) is 27.5 Å². The number of carbonyl (C=O) groups is 1. The fourth-order valence-corrected chi connectivity index (χ4v) is 3.21. The predicted octanol–water partition coefficient (Wildman–Crippen LogP) is 3.19. The molecule has 0 aliphatic rings. The number of hydrogen-bond donors (Lipinski definition) is 0. The fourth-order valence-electron chi connectivity index (χ4n) is 1.51. The van der Waals surface area contributed by atoms with Crippen LogP contribution in [-0.4, -0.2) is 25.1 Å². The van der Waals surface area contributed by atoms with Gasteiger partial charge in [-0.2, -0.15) is 0 Å². The van der Waals surface area contributed by atoms with E-state index in [1.165, 1.54) is 23.3 Å². The number of nitrogens with zero attached hydrogens (tertiary/aromatic N) is 2. The molecule has 0 bridgehead atoms. The van der Waals surface area contributed by atoms with E-state index >= 15 is 0 Å². The van der Waals surface area contributed by atoms with Crippen molar-refractivity contribution in [1.29, 1.82) is 0 Å². The lowest BCUT2D eigenvalue weighted by atomic mass is 10.2. The minimum absolute atomic E-state index is 0.238. The number of aromatic nitrogens is 1. The third-order valence-electron chi connectivity index (χ3n) is 2.72. The number of rotatable bonds is 4. The Morgan fingerprint density at radius 1 is 1.56 bits per heavy atom. The van der Waals surface area contributed by atoms with Crippen molar-refractivity contribution in [1.82, 2.24) is 4.98 Å². The Bertz CT molecular complexity index is 522. The van der Waals surface area contributed by atoms with Gasteiger partial charge in [0, 0.05) is 11.9 Å². The lowest BCUT2D eigenvalue weighted by Crippen LogP contribution is -2.20. The van der Waals surface area contributed by atoms with Crippen LogP contribution >= 0.6 is 22.7 Å². The van der Waals surface area contributed by atoms with Crippen molar-refractivity contribution in [2.45, 2.75) is 13.0 Å². The Kier molecular flexibility index (Phi) is 3.98. The van der Waals surface area contributed by atoms with Crippen LogP contribution in [0.3, 0.4) is 0 Å². The highest BCUT2D eigenvalue weighted by molar-refractivity contribution is 7.17. The fraction of sp³-hybridized carbons (Fsp3) is 0.333. The Morgan fingerprint density at radius 2 is 2.33 bits per heavy atom. The average molecular weight is 282 g/mol. The topological polar surface area (TPSA) is 42.4 Å². The molecule has 2 aromatic rings. The van der Waals surface area contributed by atoms with Crippen LogP contribution < -0.4 is 4.90 Å². The monoisotopic (exact) mass is 282 g/mol. The number of methoxy groups -OCH3 is 1. The van der Waals surface area contributed by atoms with Gasteiger partial charge in [0.1, 0.15) is 4.88 Å². The molecule has 2 rings (SSSR count). The number of anilines is 1. The lowest BCUT2D eigenvalue weighted by molar-refractivity contribution is 0.0606. The maximum atomic E-state index is 11.4. The molecule has 0 N–H and O–H groups in total. The third kappa shape index (κ3) is 2.54. The van der Waals surface area contributed by atoms with Crippen molar-refractivity contribution in [3.8, 4) is 0 Å². The van der Waals surface area contributed by atoms with E-state index in [2.05, 4.69) is 33.0 Å². The van der Waals surface area contributed by atoms with Crippen molar-refractivity contribution in [3.63, 3.8) is 0 Å². The lowest BCUT2D eigenvalue weighted by Gasteiger charge is -2.23. The molecule has 0 amide bonds. The second kappa shape index (κ2) is 5.49. The molecule has 18 heavy (non-hydrogen) atoms. The second-order valence-corrected chi connectivity index (χ2v) is 5.79. The van der Waals surface area contributed by atoms with Crippen LogP contribution in [0.4, 0.5) is 5.13 Å². The van der Waals surface area contributed by atoms with E-state index in [4.69, 9.17) is 0 Å². The molecule has 0 aliphatic carbocycles. The summed E-state index contributed by atoms with van der Waals surface area (Å²) in [6.07, 6.45) is 1.56. The number of ether oxygens (including phenoxy) is 1. The summed E-state index contributed by atoms with van der Waals surface area (Å²) in [5.41, 5.74) is 0. The summed E-state index contributed by atoms with van der Waals surface area (Å²) in [5, 5.41) is 2.87. The Balaban J connectivity index is 2.16. The minimum Gasteiger partial charge on any atom is -0.465 e. The van der Waals surface area contributed by atoms with Gasteiger partial charge < -0.3 is 9.64 Å². The molecule has 96 valence electrons. The van der Waals surface area contributed by atoms with Crippen molar-refractivity contribution in [2.75, 3.05) is 19.1 Å². The van der Waals surface area contributed by atoms with Crippen LogP contribution in [-0.2, 0) is 4.74 Å². The van der Waals surface area contributed by atoms with Gasteiger partial charge in [0.15, 0.2) is 5.13 Å². The molecule has 2 heterocycles. The number of thiophene rings is 1. The minimum atomic E-state index is -0.337. The summed E-state index contributed by atoms with van der Waals surface area (Å²) >= 11 is 3.06. The first kappa shape index (κ1) is 13.0. The summed E-state index contributed by atoms with van der Waals surface area (Å²) in [5.74, 6) is -0.337. The molecule has 0 saturated heterocycles. The zero-order valence-corrected chi connectivity index (χ0v) is 12.0. The number of thiazole rings is 1. The summed E-state index contributed by atoms with van der Waals surface area (Å²) in [7, 11) is 3.35. The number of hydrogen-bond acceptors (Lipinski definition) is 6. The van der Waals surface area contributed by atoms with Gasteiger partial charge in [0.25, 0.3) is 0 Å². The normalized spacial score (nSPS) is 12.2. The van der Waals surface area contributed by atoms with E-state index in [0.717, 1.165) is 5.13 Å². The SMILES string of the molecule is COC(=O)c1cnc(N(C)C(C)c2cccs2)s1. The highest BCUT2D eigenvalue weighted by atomic mass is 32.1. The molecule has 6 heteroatoms.